The fourth-order valence-corrected chi connectivity index (χ4v) is 3.75. The van der Waals surface area contributed by atoms with Crippen LogP contribution in [0, 0.1) is 12.8 Å². The van der Waals surface area contributed by atoms with Crippen molar-refractivity contribution in [3.63, 3.8) is 0 Å². The number of hydrogen-bond donors (Lipinski definition) is 1. The van der Waals surface area contributed by atoms with Gasteiger partial charge in [0, 0.05) is 24.0 Å². The van der Waals surface area contributed by atoms with Crippen LogP contribution < -0.4 is 0 Å². The minimum absolute atomic E-state index is 0.00338. The molecule has 1 fully saturated rings. The summed E-state index contributed by atoms with van der Waals surface area (Å²) in [6.07, 6.45) is 1.43. The summed E-state index contributed by atoms with van der Waals surface area (Å²) in [5, 5.41) is 12.4. The fourth-order valence-electron chi connectivity index (χ4n) is 2.95. The number of hydrogen-bond acceptors (Lipinski definition) is 4. The van der Waals surface area contributed by atoms with Crippen LogP contribution in [-0.4, -0.2) is 40.1 Å². The molecule has 23 heavy (non-hydrogen) atoms. The summed E-state index contributed by atoms with van der Waals surface area (Å²) in [7, 11) is 0. The highest BCUT2D eigenvalue weighted by atomic mass is 32.1. The molecule has 2 aromatic rings. The number of aliphatic hydroxyl groups is 1. The van der Waals surface area contributed by atoms with Crippen molar-refractivity contribution >= 4 is 17.2 Å². The van der Waals surface area contributed by atoms with E-state index in [4.69, 9.17) is 0 Å². The Morgan fingerprint density at radius 2 is 1.96 bits per heavy atom. The second-order valence-corrected chi connectivity index (χ2v) is 7.13. The molecule has 0 bridgehead atoms. The number of amides is 1. The highest BCUT2D eigenvalue weighted by Crippen LogP contribution is 2.26. The molecule has 1 atom stereocenters. The highest BCUT2D eigenvalue weighted by molar-refractivity contribution is 7.13. The Morgan fingerprint density at radius 1 is 1.30 bits per heavy atom. The van der Waals surface area contributed by atoms with Crippen LogP contribution in [0.1, 0.15) is 35.8 Å². The molecular formula is C18H22N2O2S. The SMILES string of the molecule is Cc1ccc(-c2nc(C(=O)N3CCC(C(C)O)CC3)cs2)cc1. The van der Waals surface area contributed by atoms with Crippen molar-refractivity contribution in [1.29, 1.82) is 0 Å². The van der Waals surface area contributed by atoms with E-state index in [1.54, 1.807) is 0 Å². The number of rotatable bonds is 3. The van der Waals surface area contributed by atoms with Crippen LogP contribution in [-0.2, 0) is 0 Å². The number of aromatic nitrogens is 1. The number of aryl methyl sites for hydroxylation is 1. The first kappa shape index (κ1) is 16.1. The maximum Gasteiger partial charge on any atom is 0.273 e. The van der Waals surface area contributed by atoms with Gasteiger partial charge in [-0.3, -0.25) is 4.79 Å². The van der Waals surface area contributed by atoms with E-state index in [1.165, 1.54) is 16.9 Å². The summed E-state index contributed by atoms with van der Waals surface area (Å²) in [6.45, 7) is 5.28. The molecule has 0 saturated carbocycles. The quantitative estimate of drug-likeness (QED) is 0.939. The van der Waals surface area contributed by atoms with Gasteiger partial charge in [0.1, 0.15) is 10.7 Å². The van der Waals surface area contributed by atoms with Crippen molar-refractivity contribution in [2.45, 2.75) is 32.8 Å². The molecule has 1 N–H and O–H groups in total. The van der Waals surface area contributed by atoms with E-state index >= 15 is 0 Å². The molecule has 1 aromatic heterocycles. The number of thiazole rings is 1. The average molecular weight is 330 g/mol. The number of benzene rings is 1. The van der Waals surface area contributed by atoms with Crippen LogP contribution in [0.15, 0.2) is 29.6 Å². The largest absolute Gasteiger partial charge is 0.393 e. The molecule has 0 radical (unpaired) electrons. The maximum atomic E-state index is 12.6. The van der Waals surface area contributed by atoms with E-state index in [-0.39, 0.29) is 12.0 Å². The van der Waals surface area contributed by atoms with Crippen LogP contribution in [0.25, 0.3) is 10.6 Å². The van der Waals surface area contributed by atoms with Gasteiger partial charge < -0.3 is 10.0 Å². The molecule has 1 amide bonds. The predicted octanol–water partition coefficient (Wildman–Crippen LogP) is 3.35. The Morgan fingerprint density at radius 3 is 2.57 bits per heavy atom. The first-order chi connectivity index (χ1) is 11.0. The van der Waals surface area contributed by atoms with Gasteiger partial charge in [0.05, 0.1) is 6.10 Å². The van der Waals surface area contributed by atoms with Crippen LogP contribution >= 0.6 is 11.3 Å². The first-order valence-corrected chi connectivity index (χ1v) is 8.92. The number of aliphatic hydroxyl groups excluding tert-OH is 1. The molecule has 1 unspecified atom stereocenters. The Hall–Kier alpha value is -1.72. The molecule has 122 valence electrons. The Balaban J connectivity index is 1.68. The van der Waals surface area contributed by atoms with Gasteiger partial charge in [-0.15, -0.1) is 11.3 Å². The normalized spacial score (nSPS) is 17.3. The van der Waals surface area contributed by atoms with Gasteiger partial charge in [0.2, 0.25) is 0 Å². The van der Waals surface area contributed by atoms with Crippen LogP contribution in [0.2, 0.25) is 0 Å². The van der Waals surface area contributed by atoms with Gasteiger partial charge >= 0.3 is 0 Å². The lowest BCUT2D eigenvalue weighted by Crippen LogP contribution is -2.40. The lowest BCUT2D eigenvalue weighted by molar-refractivity contribution is 0.0518. The Kier molecular flexibility index (Phi) is 4.78. The van der Waals surface area contributed by atoms with Gasteiger partial charge in [0.25, 0.3) is 5.91 Å². The predicted molar refractivity (Wildman–Crippen MR) is 92.6 cm³/mol. The topological polar surface area (TPSA) is 53.4 Å². The van der Waals surface area contributed by atoms with E-state index in [0.29, 0.717) is 24.7 Å². The molecule has 3 rings (SSSR count). The lowest BCUT2D eigenvalue weighted by atomic mass is 9.92. The zero-order chi connectivity index (χ0) is 16.4. The fraction of sp³-hybridized carbons (Fsp3) is 0.444. The maximum absolute atomic E-state index is 12.6. The van der Waals surface area contributed by atoms with E-state index < -0.39 is 0 Å². The lowest BCUT2D eigenvalue weighted by Gasteiger charge is -2.32. The number of carbonyl (C=O) groups excluding carboxylic acids is 1. The summed E-state index contributed by atoms with van der Waals surface area (Å²) in [6, 6.07) is 8.19. The van der Waals surface area contributed by atoms with Gasteiger partial charge in [-0.2, -0.15) is 0 Å². The molecule has 0 spiro atoms. The molecule has 1 aliphatic rings. The zero-order valence-corrected chi connectivity index (χ0v) is 14.3. The third kappa shape index (κ3) is 3.62. The van der Waals surface area contributed by atoms with Gasteiger partial charge in [0.15, 0.2) is 0 Å². The smallest absolute Gasteiger partial charge is 0.273 e. The van der Waals surface area contributed by atoms with E-state index in [9.17, 15) is 9.90 Å². The number of piperidine rings is 1. The van der Waals surface area contributed by atoms with Crippen LogP contribution in [0.4, 0.5) is 0 Å². The minimum atomic E-state index is -0.292. The van der Waals surface area contributed by atoms with Gasteiger partial charge in [-0.25, -0.2) is 4.98 Å². The third-order valence-corrected chi connectivity index (χ3v) is 5.42. The highest BCUT2D eigenvalue weighted by Gasteiger charge is 2.27. The molecule has 1 saturated heterocycles. The second kappa shape index (κ2) is 6.81. The van der Waals surface area contributed by atoms with Crippen molar-refractivity contribution < 1.29 is 9.90 Å². The van der Waals surface area contributed by atoms with Crippen molar-refractivity contribution in [2.75, 3.05) is 13.1 Å². The van der Waals surface area contributed by atoms with Crippen molar-refractivity contribution in [2.24, 2.45) is 5.92 Å². The Labute approximate surface area is 140 Å². The van der Waals surface area contributed by atoms with Crippen molar-refractivity contribution in [3.05, 3.63) is 40.9 Å². The van der Waals surface area contributed by atoms with E-state index in [1.807, 2.05) is 29.3 Å². The van der Waals surface area contributed by atoms with Crippen LogP contribution in [0.3, 0.4) is 0 Å². The molecular weight excluding hydrogens is 308 g/mol. The molecule has 1 aliphatic heterocycles. The second-order valence-electron chi connectivity index (χ2n) is 6.27. The molecule has 4 nitrogen and oxygen atoms in total. The zero-order valence-electron chi connectivity index (χ0n) is 13.5. The number of likely N-dealkylation sites (tertiary alicyclic amines) is 1. The number of nitrogens with zero attached hydrogens (tertiary/aromatic N) is 2. The van der Waals surface area contributed by atoms with Crippen molar-refractivity contribution in [3.8, 4) is 10.6 Å². The van der Waals surface area contributed by atoms with Gasteiger partial charge in [-0.05, 0) is 32.6 Å². The first-order valence-electron chi connectivity index (χ1n) is 8.04. The molecule has 0 aliphatic carbocycles. The van der Waals surface area contributed by atoms with E-state index in [0.717, 1.165) is 23.4 Å². The van der Waals surface area contributed by atoms with E-state index in [2.05, 4.69) is 24.0 Å². The summed E-state index contributed by atoms with van der Waals surface area (Å²) in [5.41, 5.74) is 2.79. The summed E-state index contributed by atoms with van der Waals surface area (Å²) >= 11 is 1.51. The van der Waals surface area contributed by atoms with Crippen molar-refractivity contribution in [1.82, 2.24) is 9.88 Å². The third-order valence-electron chi connectivity index (χ3n) is 4.53. The standard InChI is InChI=1S/C18H22N2O2S/c1-12-3-5-15(6-4-12)17-19-16(11-23-17)18(22)20-9-7-14(8-10-20)13(2)21/h3-6,11,13-14,21H,7-10H2,1-2H3. The Bertz CT molecular complexity index is 671. The average Bonchev–Trinajstić information content (AvgIpc) is 3.05. The summed E-state index contributed by atoms with van der Waals surface area (Å²) in [5.74, 6) is 0.307. The molecule has 2 heterocycles. The molecule has 1 aromatic carbocycles. The summed E-state index contributed by atoms with van der Waals surface area (Å²) < 4.78 is 0. The monoisotopic (exact) mass is 330 g/mol. The number of carbonyl (C=O) groups is 1. The van der Waals surface area contributed by atoms with Gasteiger partial charge in [-0.1, -0.05) is 29.8 Å². The summed E-state index contributed by atoms with van der Waals surface area (Å²) in [4.78, 5) is 19.0. The minimum Gasteiger partial charge on any atom is -0.393 e. The molecule has 5 heteroatoms. The van der Waals surface area contributed by atoms with Crippen LogP contribution in [0.5, 0.6) is 0 Å².